The zero-order chi connectivity index (χ0) is 12.1. The molecular weight excluding hydrogens is 208 g/mol. The van der Waals surface area contributed by atoms with E-state index in [-0.39, 0.29) is 0 Å². The molecule has 2 rings (SSSR count). The van der Waals surface area contributed by atoms with Gasteiger partial charge in [0.15, 0.2) is 0 Å². The van der Waals surface area contributed by atoms with Gasteiger partial charge in [-0.15, -0.1) is 0 Å². The second-order valence-corrected chi connectivity index (χ2v) is 3.99. The van der Waals surface area contributed by atoms with E-state index < -0.39 is 0 Å². The molecule has 0 atom stereocenters. The van der Waals surface area contributed by atoms with Crippen molar-refractivity contribution in [2.45, 2.75) is 6.54 Å². The van der Waals surface area contributed by atoms with E-state index in [1.807, 2.05) is 37.5 Å². The molecule has 0 aliphatic heterocycles. The minimum Gasteiger partial charge on any atom is -0.355 e. The van der Waals surface area contributed by atoms with Gasteiger partial charge in [-0.25, -0.2) is 4.98 Å². The van der Waals surface area contributed by atoms with Gasteiger partial charge >= 0.3 is 0 Å². The fourth-order valence-electron chi connectivity index (χ4n) is 1.69. The topological polar surface area (TPSA) is 16.1 Å². The van der Waals surface area contributed by atoms with Crippen molar-refractivity contribution < 1.29 is 0 Å². The smallest absolute Gasteiger partial charge is 0.128 e. The Labute approximate surface area is 102 Å². The summed E-state index contributed by atoms with van der Waals surface area (Å²) in [5.74, 6) is 0.986. The Balaban J connectivity index is 2.07. The van der Waals surface area contributed by atoms with Crippen LogP contribution in [-0.2, 0) is 6.54 Å². The lowest BCUT2D eigenvalue weighted by Gasteiger charge is -2.17. The number of hydrogen-bond donors (Lipinski definition) is 0. The lowest BCUT2D eigenvalue weighted by Crippen LogP contribution is -2.17. The summed E-state index contributed by atoms with van der Waals surface area (Å²) in [5, 5.41) is 0. The molecule has 0 fully saturated rings. The van der Waals surface area contributed by atoms with Gasteiger partial charge in [-0.2, -0.15) is 0 Å². The molecule has 0 amide bonds. The molecule has 17 heavy (non-hydrogen) atoms. The molecule has 2 nitrogen and oxygen atoms in total. The van der Waals surface area contributed by atoms with E-state index in [1.54, 1.807) is 0 Å². The van der Waals surface area contributed by atoms with Crippen molar-refractivity contribution in [3.8, 4) is 0 Å². The maximum absolute atomic E-state index is 4.32. The number of aromatic nitrogens is 1. The van der Waals surface area contributed by atoms with E-state index in [0.717, 1.165) is 17.9 Å². The molecule has 2 heteroatoms. The molecule has 1 heterocycles. The normalized spacial score (nSPS) is 9.94. The third kappa shape index (κ3) is 2.94. The molecule has 0 bridgehead atoms. The fraction of sp³-hybridized carbons (Fsp3) is 0.133. The minimum atomic E-state index is 0.856. The zero-order valence-corrected chi connectivity index (χ0v) is 10.0. The summed E-state index contributed by atoms with van der Waals surface area (Å²) in [6.07, 6.45) is 3.67. The first-order valence-corrected chi connectivity index (χ1v) is 5.63. The van der Waals surface area contributed by atoms with E-state index in [4.69, 9.17) is 0 Å². The highest BCUT2D eigenvalue weighted by Crippen LogP contribution is 2.12. The van der Waals surface area contributed by atoms with Gasteiger partial charge in [0.25, 0.3) is 0 Å². The van der Waals surface area contributed by atoms with E-state index in [9.17, 15) is 0 Å². The average molecular weight is 224 g/mol. The van der Waals surface area contributed by atoms with Gasteiger partial charge in [-0.05, 0) is 23.3 Å². The summed E-state index contributed by atoms with van der Waals surface area (Å²) < 4.78 is 0. The number of anilines is 1. The summed E-state index contributed by atoms with van der Waals surface area (Å²) in [5.41, 5.74) is 2.41. The monoisotopic (exact) mass is 224 g/mol. The predicted octanol–water partition coefficient (Wildman–Crippen LogP) is 3.36. The first-order valence-electron chi connectivity index (χ1n) is 5.63. The number of benzene rings is 1. The Morgan fingerprint density at radius 2 is 1.94 bits per heavy atom. The van der Waals surface area contributed by atoms with Crippen molar-refractivity contribution in [1.82, 2.24) is 4.98 Å². The lowest BCUT2D eigenvalue weighted by atomic mass is 10.1. The molecule has 86 valence electrons. The molecule has 0 N–H and O–H groups in total. The maximum Gasteiger partial charge on any atom is 0.128 e. The van der Waals surface area contributed by atoms with Crippen LogP contribution in [-0.4, -0.2) is 12.0 Å². The quantitative estimate of drug-likeness (QED) is 0.791. The fourth-order valence-corrected chi connectivity index (χ4v) is 1.69. The number of nitrogens with zero attached hydrogens (tertiary/aromatic N) is 2. The molecule has 1 aromatic carbocycles. The Hall–Kier alpha value is -2.09. The second-order valence-electron chi connectivity index (χ2n) is 3.99. The third-order valence-corrected chi connectivity index (χ3v) is 2.68. The van der Waals surface area contributed by atoms with Crippen molar-refractivity contribution in [2.24, 2.45) is 0 Å². The van der Waals surface area contributed by atoms with Crippen molar-refractivity contribution in [3.05, 3.63) is 66.4 Å². The number of hydrogen-bond acceptors (Lipinski definition) is 2. The van der Waals surface area contributed by atoms with Gasteiger partial charge in [-0.1, -0.05) is 43.0 Å². The molecule has 1 aromatic heterocycles. The molecular formula is C15H16N2. The van der Waals surface area contributed by atoms with E-state index in [2.05, 4.69) is 40.7 Å². The van der Waals surface area contributed by atoms with Crippen LogP contribution in [0, 0.1) is 0 Å². The van der Waals surface area contributed by atoms with Gasteiger partial charge < -0.3 is 4.90 Å². The van der Waals surface area contributed by atoms with Gasteiger partial charge in [-0.3, -0.25) is 0 Å². The van der Waals surface area contributed by atoms with Crippen molar-refractivity contribution >= 4 is 11.9 Å². The predicted molar refractivity (Wildman–Crippen MR) is 72.9 cm³/mol. The molecule has 0 saturated carbocycles. The Kier molecular flexibility index (Phi) is 3.55. The lowest BCUT2D eigenvalue weighted by molar-refractivity contribution is 0.898. The number of pyridine rings is 1. The highest BCUT2D eigenvalue weighted by atomic mass is 15.2. The zero-order valence-electron chi connectivity index (χ0n) is 10.0. The Morgan fingerprint density at radius 3 is 2.53 bits per heavy atom. The second kappa shape index (κ2) is 5.30. The average Bonchev–Trinajstić information content (AvgIpc) is 2.40. The van der Waals surface area contributed by atoms with Crippen LogP contribution in [0.5, 0.6) is 0 Å². The number of rotatable bonds is 4. The minimum absolute atomic E-state index is 0.856. The molecule has 0 aliphatic rings. The van der Waals surface area contributed by atoms with Gasteiger partial charge in [0.1, 0.15) is 5.82 Å². The van der Waals surface area contributed by atoms with Crippen LogP contribution < -0.4 is 4.90 Å². The Bertz CT molecular complexity index is 474. The summed E-state index contributed by atoms with van der Waals surface area (Å²) in [6, 6.07) is 14.3. The van der Waals surface area contributed by atoms with Gasteiger partial charge in [0.2, 0.25) is 0 Å². The van der Waals surface area contributed by atoms with Crippen LogP contribution in [0.1, 0.15) is 11.1 Å². The van der Waals surface area contributed by atoms with E-state index in [0.29, 0.717) is 0 Å². The highest BCUT2D eigenvalue weighted by Gasteiger charge is 2.02. The van der Waals surface area contributed by atoms with Crippen LogP contribution in [0.3, 0.4) is 0 Å². The van der Waals surface area contributed by atoms with E-state index in [1.165, 1.54) is 5.56 Å². The summed E-state index contributed by atoms with van der Waals surface area (Å²) in [6.45, 7) is 4.60. The van der Waals surface area contributed by atoms with Crippen LogP contribution in [0.4, 0.5) is 5.82 Å². The largest absolute Gasteiger partial charge is 0.355 e. The SMILES string of the molecule is C=Cc1ccc(CN(C)c2ccccn2)cc1. The highest BCUT2D eigenvalue weighted by molar-refractivity contribution is 5.47. The molecule has 0 spiro atoms. The third-order valence-electron chi connectivity index (χ3n) is 2.68. The van der Waals surface area contributed by atoms with Crippen molar-refractivity contribution in [1.29, 1.82) is 0 Å². The van der Waals surface area contributed by atoms with Gasteiger partial charge in [0, 0.05) is 19.8 Å². The summed E-state index contributed by atoms with van der Waals surface area (Å²) >= 11 is 0. The van der Waals surface area contributed by atoms with Gasteiger partial charge in [0.05, 0.1) is 0 Å². The van der Waals surface area contributed by atoms with Crippen molar-refractivity contribution in [2.75, 3.05) is 11.9 Å². The molecule has 0 radical (unpaired) electrons. The first-order chi connectivity index (χ1) is 8.29. The van der Waals surface area contributed by atoms with Crippen LogP contribution in [0.25, 0.3) is 6.08 Å². The van der Waals surface area contributed by atoms with Crippen LogP contribution >= 0.6 is 0 Å². The first kappa shape index (κ1) is 11.4. The van der Waals surface area contributed by atoms with Crippen molar-refractivity contribution in [3.63, 3.8) is 0 Å². The molecule has 0 unspecified atom stereocenters. The van der Waals surface area contributed by atoms with Crippen LogP contribution in [0.2, 0.25) is 0 Å². The molecule has 0 aliphatic carbocycles. The van der Waals surface area contributed by atoms with Crippen LogP contribution in [0.15, 0.2) is 55.2 Å². The standard InChI is InChI=1S/C15H16N2/c1-3-13-7-9-14(10-8-13)12-17(2)15-6-4-5-11-16-15/h3-11H,1,12H2,2H3. The van der Waals surface area contributed by atoms with E-state index >= 15 is 0 Å². The maximum atomic E-state index is 4.32. The summed E-state index contributed by atoms with van der Waals surface area (Å²) in [7, 11) is 2.05. The molecule has 2 aromatic rings. The summed E-state index contributed by atoms with van der Waals surface area (Å²) in [4.78, 5) is 6.45. The Morgan fingerprint density at radius 1 is 1.18 bits per heavy atom. The molecule has 0 saturated heterocycles.